The number of rotatable bonds is 6. The van der Waals surface area contributed by atoms with Gasteiger partial charge in [-0.15, -0.1) is 0 Å². The number of carbonyl (C=O) groups excluding carboxylic acids is 2. The third-order valence-corrected chi connectivity index (χ3v) is 3.74. The molecule has 0 bridgehead atoms. The van der Waals surface area contributed by atoms with Crippen molar-refractivity contribution in [2.45, 2.75) is 0 Å². The van der Waals surface area contributed by atoms with Gasteiger partial charge in [0, 0.05) is 35.8 Å². The predicted octanol–water partition coefficient (Wildman–Crippen LogP) is 3.78. The number of nitrogens with zero attached hydrogens (tertiary/aromatic N) is 1. The highest BCUT2D eigenvalue weighted by molar-refractivity contribution is 6.04. The average molecular weight is 393 g/mol. The minimum Gasteiger partial charge on any atom is -0.457 e. The molecule has 146 valence electrons. The van der Waals surface area contributed by atoms with Crippen molar-refractivity contribution in [3.63, 3.8) is 0 Å². The Hall–Kier alpha value is -4.04. The van der Waals surface area contributed by atoms with Gasteiger partial charge in [0.2, 0.25) is 0 Å². The fraction of sp³-hybridized carbons (Fsp3) is 0. The minimum absolute atomic E-state index is 0.262. The summed E-state index contributed by atoms with van der Waals surface area (Å²) >= 11 is 0. The van der Waals surface area contributed by atoms with E-state index in [-0.39, 0.29) is 11.7 Å². The molecule has 0 aliphatic rings. The molecule has 2 amide bonds. The molecule has 8 heteroatoms. The number of pyridine rings is 1. The van der Waals surface area contributed by atoms with Gasteiger partial charge in [-0.2, -0.15) is 0 Å². The molecule has 0 spiro atoms. The van der Waals surface area contributed by atoms with Crippen molar-refractivity contribution in [2.75, 3.05) is 5.32 Å². The normalized spacial score (nSPS) is 10.6. The van der Waals surface area contributed by atoms with Crippen LogP contribution in [0.3, 0.4) is 0 Å². The Labute approximate surface area is 165 Å². The maximum absolute atomic E-state index is 13.4. The smallest absolute Gasteiger partial charge is 0.267 e. The van der Waals surface area contributed by atoms with Crippen molar-refractivity contribution in [2.24, 2.45) is 0 Å². The first-order valence-corrected chi connectivity index (χ1v) is 8.46. The topological polar surface area (TPSA) is 101 Å². The minimum atomic E-state index is -0.744. The second-order valence-corrected chi connectivity index (χ2v) is 5.82. The van der Waals surface area contributed by atoms with Crippen molar-refractivity contribution >= 4 is 23.6 Å². The molecule has 29 heavy (non-hydrogen) atoms. The lowest BCUT2D eigenvalue weighted by Gasteiger charge is -2.12. The summed E-state index contributed by atoms with van der Waals surface area (Å²) in [7, 11) is 0. The van der Waals surface area contributed by atoms with Crippen LogP contribution in [-0.4, -0.2) is 22.0 Å². The van der Waals surface area contributed by atoms with Crippen LogP contribution in [0.1, 0.15) is 15.9 Å². The van der Waals surface area contributed by atoms with E-state index < -0.39 is 11.7 Å². The van der Waals surface area contributed by atoms with Crippen molar-refractivity contribution in [3.05, 3.63) is 90.0 Å². The van der Waals surface area contributed by atoms with E-state index in [1.54, 1.807) is 42.6 Å². The second kappa shape index (κ2) is 9.25. The quantitative estimate of drug-likeness (QED) is 0.336. The second-order valence-electron chi connectivity index (χ2n) is 5.82. The highest BCUT2D eigenvalue weighted by Crippen LogP contribution is 2.29. The van der Waals surface area contributed by atoms with Crippen LogP contribution in [0.15, 0.2) is 73.1 Å². The van der Waals surface area contributed by atoms with Gasteiger partial charge in [0.05, 0.1) is 5.56 Å². The first-order valence-electron chi connectivity index (χ1n) is 8.46. The molecular weight excluding hydrogens is 377 g/mol. The third-order valence-electron chi connectivity index (χ3n) is 3.74. The first kappa shape index (κ1) is 19.7. The van der Waals surface area contributed by atoms with E-state index >= 15 is 0 Å². The number of nitrogens with one attached hydrogen (secondary N) is 2. The molecule has 7 nitrogen and oxygen atoms in total. The Morgan fingerprint density at radius 3 is 2.69 bits per heavy atom. The van der Waals surface area contributed by atoms with Gasteiger partial charge in [-0.3, -0.25) is 19.8 Å². The van der Waals surface area contributed by atoms with Gasteiger partial charge in [-0.25, -0.2) is 9.87 Å². The van der Waals surface area contributed by atoms with Crippen molar-refractivity contribution < 1.29 is 23.9 Å². The molecule has 0 atom stereocenters. The summed E-state index contributed by atoms with van der Waals surface area (Å²) in [5.41, 5.74) is 2.72. The Kier molecular flexibility index (Phi) is 6.29. The molecule has 0 saturated heterocycles. The maximum Gasteiger partial charge on any atom is 0.267 e. The molecule has 0 saturated carbocycles. The molecule has 1 heterocycles. The van der Waals surface area contributed by atoms with Gasteiger partial charge in [0.15, 0.2) is 0 Å². The van der Waals surface area contributed by atoms with Gasteiger partial charge >= 0.3 is 0 Å². The number of benzene rings is 2. The molecule has 0 aliphatic carbocycles. The number of halogens is 1. The van der Waals surface area contributed by atoms with E-state index in [0.717, 1.165) is 6.08 Å². The van der Waals surface area contributed by atoms with Crippen LogP contribution in [-0.2, 0) is 4.79 Å². The van der Waals surface area contributed by atoms with E-state index in [1.807, 2.05) is 0 Å². The van der Waals surface area contributed by atoms with Crippen LogP contribution in [0.2, 0.25) is 0 Å². The first-order chi connectivity index (χ1) is 14.0. The van der Waals surface area contributed by atoms with Crippen molar-refractivity contribution in [3.8, 4) is 11.5 Å². The average Bonchev–Trinajstić information content (AvgIpc) is 2.74. The fourth-order valence-corrected chi connectivity index (χ4v) is 2.41. The van der Waals surface area contributed by atoms with E-state index in [9.17, 15) is 14.0 Å². The molecular formula is C21H16FN3O4. The summed E-state index contributed by atoms with van der Waals surface area (Å²) in [5, 5.41) is 11.4. The lowest BCUT2D eigenvalue weighted by atomic mass is 10.1. The third kappa shape index (κ3) is 5.47. The SMILES string of the molecule is O=C(/C=C/c1cc(NC(=O)c2cccnc2)ccc1Oc1cccc(F)c1)NO. The Morgan fingerprint density at radius 2 is 1.97 bits per heavy atom. The van der Waals surface area contributed by atoms with E-state index in [2.05, 4.69) is 10.3 Å². The fourth-order valence-electron chi connectivity index (χ4n) is 2.41. The maximum atomic E-state index is 13.4. The van der Waals surface area contributed by atoms with E-state index in [0.29, 0.717) is 22.6 Å². The largest absolute Gasteiger partial charge is 0.457 e. The molecule has 2 aromatic carbocycles. The van der Waals surface area contributed by atoms with Crippen molar-refractivity contribution in [1.29, 1.82) is 0 Å². The highest BCUT2D eigenvalue weighted by Gasteiger charge is 2.10. The van der Waals surface area contributed by atoms with Gasteiger partial charge in [-0.05, 0) is 48.5 Å². The summed E-state index contributed by atoms with van der Waals surface area (Å²) in [6, 6.07) is 13.6. The summed E-state index contributed by atoms with van der Waals surface area (Å²) in [5.74, 6) is -0.985. The number of ether oxygens (including phenoxy) is 1. The zero-order valence-electron chi connectivity index (χ0n) is 15.0. The van der Waals surface area contributed by atoms with Crippen LogP contribution >= 0.6 is 0 Å². The number of hydroxylamine groups is 1. The Balaban J connectivity index is 1.88. The van der Waals surface area contributed by atoms with Crippen LogP contribution in [0.5, 0.6) is 11.5 Å². The number of carbonyl (C=O) groups is 2. The summed E-state index contributed by atoms with van der Waals surface area (Å²) < 4.78 is 19.1. The van der Waals surface area contributed by atoms with Gasteiger partial charge in [0.1, 0.15) is 17.3 Å². The lowest BCUT2D eigenvalue weighted by Crippen LogP contribution is -2.14. The molecule has 0 radical (unpaired) electrons. The number of aromatic nitrogens is 1. The molecule has 1 aromatic heterocycles. The van der Waals surface area contributed by atoms with Crippen LogP contribution in [0.4, 0.5) is 10.1 Å². The van der Waals surface area contributed by atoms with Gasteiger partial charge < -0.3 is 10.1 Å². The Bertz CT molecular complexity index is 1050. The molecule has 3 N–H and O–H groups in total. The standard InChI is InChI=1S/C21H16FN3O4/c22-16-4-1-5-18(12-16)29-19-8-7-17(11-14(19)6-9-20(26)25-28)24-21(27)15-3-2-10-23-13-15/h1-13,28H,(H,24,27)(H,25,26)/b9-6+. The molecule has 0 aliphatic heterocycles. The van der Waals surface area contributed by atoms with Crippen LogP contribution in [0, 0.1) is 5.82 Å². The van der Waals surface area contributed by atoms with Gasteiger partial charge in [0.25, 0.3) is 11.8 Å². The number of amides is 2. The number of hydrogen-bond acceptors (Lipinski definition) is 5. The van der Waals surface area contributed by atoms with Gasteiger partial charge in [-0.1, -0.05) is 6.07 Å². The summed E-state index contributed by atoms with van der Waals surface area (Å²) in [6.45, 7) is 0. The van der Waals surface area contributed by atoms with E-state index in [4.69, 9.17) is 9.94 Å². The molecule has 0 unspecified atom stereocenters. The summed E-state index contributed by atoms with van der Waals surface area (Å²) in [6.07, 6.45) is 5.47. The lowest BCUT2D eigenvalue weighted by molar-refractivity contribution is -0.124. The molecule has 0 fully saturated rings. The molecule has 3 aromatic rings. The molecule has 3 rings (SSSR count). The number of hydrogen-bond donors (Lipinski definition) is 3. The van der Waals surface area contributed by atoms with Crippen molar-refractivity contribution in [1.82, 2.24) is 10.5 Å². The van der Waals surface area contributed by atoms with Crippen LogP contribution < -0.4 is 15.5 Å². The van der Waals surface area contributed by atoms with Crippen LogP contribution in [0.25, 0.3) is 6.08 Å². The zero-order chi connectivity index (χ0) is 20.6. The number of anilines is 1. The summed E-state index contributed by atoms with van der Waals surface area (Å²) in [4.78, 5) is 27.5. The monoisotopic (exact) mass is 393 g/mol. The zero-order valence-corrected chi connectivity index (χ0v) is 15.0. The predicted molar refractivity (Wildman–Crippen MR) is 104 cm³/mol. The Morgan fingerprint density at radius 1 is 1.10 bits per heavy atom. The van der Waals surface area contributed by atoms with E-state index in [1.165, 1.54) is 36.0 Å². The highest BCUT2D eigenvalue weighted by atomic mass is 19.1.